The summed E-state index contributed by atoms with van der Waals surface area (Å²) in [4.78, 5) is 11.1. The minimum absolute atomic E-state index is 0.0501. The van der Waals surface area contributed by atoms with Crippen LogP contribution in [0.4, 0.5) is 5.69 Å². The van der Waals surface area contributed by atoms with E-state index in [0.717, 1.165) is 0 Å². The maximum absolute atomic E-state index is 11.1. The average Bonchev–Trinajstić information content (AvgIpc) is 2.38. The monoisotopic (exact) mass is 233 g/mol. The third kappa shape index (κ3) is 3.38. The Morgan fingerprint density at radius 3 is 2.88 bits per heavy atom. The highest BCUT2D eigenvalue weighted by atomic mass is 16.5. The third-order valence-corrected chi connectivity index (χ3v) is 2.30. The number of nitriles is 1. The fraction of sp³-hybridized carbons (Fsp3) is 0.333. The summed E-state index contributed by atoms with van der Waals surface area (Å²) in [6, 6.07) is 7.30. The topological polar surface area (TPSA) is 74.2 Å². The van der Waals surface area contributed by atoms with E-state index in [1.54, 1.807) is 32.4 Å². The van der Waals surface area contributed by atoms with Crippen LogP contribution in [0.3, 0.4) is 0 Å². The number of nitrogens with one attached hydrogen (secondary N) is 2. The van der Waals surface area contributed by atoms with E-state index in [1.165, 1.54) is 0 Å². The van der Waals surface area contributed by atoms with Crippen molar-refractivity contribution in [3.05, 3.63) is 23.8 Å². The molecule has 0 unspecified atom stereocenters. The largest absolute Gasteiger partial charge is 0.495 e. The van der Waals surface area contributed by atoms with Gasteiger partial charge in [0.05, 0.1) is 18.4 Å². The van der Waals surface area contributed by atoms with Crippen molar-refractivity contribution in [3.63, 3.8) is 0 Å². The lowest BCUT2D eigenvalue weighted by Gasteiger charge is -2.12. The number of rotatable bonds is 5. The van der Waals surface area contributed by atoms with Gasteiger partial charge < -0.3 is 15.4 Å². The van der Waals surface area contributed by atoms with Gasteiger partial charge >= 0.3 is 0 Å². The van der Waals surface area contributed by atoms with E-state index in [1.807, 2.05) is 0 Å². The van der Waals surface area contributed by atoms with Crippen molar-refractivity contribution < 1.29 is 9.53 Å². The van der Waals surface area contributed by atoms with E-state index in [9.17, 15) is 4.79 Å². The summed E-state index contributed by atoms with van der Waals surface area (Å²) in [6.45, 7) is 0.453. The summed E-state index contributed by atoms with van der Waals surface area (Å²) in [6.07, 6.45) is 0.347. The molecule has 0 saturated heterocycles. The normalized spacial score (nSPS) is 9.24. The molecular weight excluding hydrogens is 218 g/mol. The van der Waals surface area contributed by atoms with Gasteiger partial charge in [-0.25, -0.2) is 0 Å². The molecular formula is C12H15N3O2. The zero-order valence-corrected chi connectivity index (χ0v) is 9.91. The van der Waals surface area contributed by atoms with Gasteiger partial charge in [-0.05, 0) is 12.1 Å². The van der Waals surface area contributed by atoms with Crippen LogP contribution in [0.1, 0.15) is 12.0 Å². The molecule has 0 bridgehead atoms. The molecule has 0 atom stereocenters. The smallest absolute Gasteiger partial charge is 0.221 e. The first kappa shape index (κ1) is 12.8. The lowest BCUT2D eigenvalue weighted by atomic mass is 10.1. The van der Waals surface area contributed by atoms with Crippen LogP contribution in [0.15, 0.2) is 18.2 Å². The second-order valence-electron chi connectivity index (χ2n) is 3.34. The van der Waals surface area contributed by atoms with E-state index in [-0.39, 0.29) is 5.91 Å². The van der Waals surface area contributed by atoms with Gasteiger partial charge in [-0.2, -0.15) is 5.26 Å². The molecule has 0 aliphatic rings. The molecule has 0 fully saturated rings. The Morgan fingerprint density at radius 1 is 1.53 bits per heavy atom. The molecule has 5 nitrogen and oxygen atoms in total. The van der Waals surface area contributed by atoms with E-state index >= 15 is 0 Å². The second kappa shape index (κ2) is 6.38. The van der Waals surface area contributed by atoms with Crippen molar-refractivity contribution in [2.75, 3.05) is 26.0 Å². The molecule has 1 amide bonds. The molecule has 2 N–H and O–H groups in total. The summed E-state index contributed by atoms with van der Waals surface area (Å²) >= 11 is 0. The first-order chi connectivity index (χ1) is 8.22. The number of nitrogens with zero attached hydrogens (tertiary/aromatic N) is 1. The minimum Gasteiger partial charge on any atom is -0.495 e. The molecule has 0 aromatic heterocycles. The summed E-state index contributed by atoms with van der Waals surface area (Å²) in [5.74, 6) is 0.548. The van der Waals surface area contributed by atoms with Gasteiger partial charge in [0.25, 0.3) is 0 Å². The number of amides is 1. The molecule has 0 spiro atoms. The molecule has 17 heavy (non-hydrogen) atoms. The molecule has 0 aliphatic heterocycles. The molecule has 0 heterocycles. The summed E-state index contributed by atoms with van der Waals surface area (Å²) in [7, 11) is 3.13. The van der Waals surface area contributed by atoms with Crippen LogP contribution in [-0.4, -0.2) is 26.6 Å². The Hall–Kier alpha value is -2.22. The molecule has 0 saturated carbocycles. The number of benzene rings is 1. The van der Waals surface area contributed by atoms with Crippen molar-refractivity contribution in [1.82, 2.24) is 5.32 Å². The SMILES string of the molecule is CNC(=O)CCNc1c(C#N)cccc1OC. The first-order valence-electron chi connectivity index (χ1n) is 5.24. The van der Waals surface area contributed by atoms with E-state index in [0.29, 0.717) is 30.0 Å². The number of hydrogen-bond donors (Lipinski definition) is 2. The number of para-hydroxylation sites is 1. The van der Waals surface area contributed by atoms with E-state index < -0.39 is 0 Å². The molecule has 1 aromatic carbocycles. The van der Waals surface area contributed by atoms with Crippen LogP contribution >= 0.6 is 0 Å². The lowest BCUT2D eigenvalue weighted by molar-refractivity contribution is -0.120. The van der Waals surface area contributed by atoms with Gasteiger partial charge in [0.1, 0.15) is 11.8 Å². The minimum atomic E-state index is -0.0501. The Morgan fingerprint density at radius 2 is 2.29 bits per heavy atom. The molecule has 0 aliphatic carbocycles. The van der Waals surface area contributed by atoms with Crippen LogP contribution in [0.5, 0.6) is 5.75 Å². The van der Waals surface area contributed by atoms with Gasteiger partial charge in [-0.1, -0.05) is 6.07 Å². The highest BCUT2D eigenvalue weighted by Crippen LogP contribution is 2.27. The summed E-state index contributed by atoms with van der Waals surface area (Å²) in [5.41, 5.74) is 1.13. The zero-order valence-electron chi connectivity index (χ0n) is 9.91. The quantitative estimate of drug-likeness (QED) is 0.799. The van der Waals surface area contributed by atoms with E-state index in [2.05, 4.69) is 16.7 Å². The van der Waals surface area contributed by atoms with Crippen molar-refractivity contribution in [2.24, 2.45) is 0 Å². The number of anilines is 1. The Balaban J connectivity index is 2.75. The Kier molecular flexibility index (Phi) is 4.82. The van der Waals surface area contributed by atoms with Crippen LogP contribution in [0.25, 0.3) is 0 Å². The van der Waals surface area contributed by atoms with Crippen LogP contribution < -0.4 is 15.4 Å². The Bertz CT molecular complexity index is 438. The van der Waals surface area contributed by atoms with Crippen molar-refractivity contribution in [3.8, 4) is 11.8 Å². The molecule has 5 heteroatoms. The first-order valence-corrected chi connectivity index (χ1v) is 5.24. The van der Waals surface area contributed by atoms with Crippen LogP contribution in [0, 0.1) is 11.3 Å². The van der Waals surface area contributed by atoms with Gasteiger partial charge in [0, 0.05) is 20.0 Å². The third-order valence-electron chi connectivity index (χ3n) is 2.30. The predicted molar refractivity (Wildman–Crippen MR) is 64.9 cm³/mol. The highest BCUT2D eigenvalue weighted by molar-refractivity contribution is 5.76. The van der Waals surface area contributed by atoms with Crippen LogP contribution in [-0.2, 0) is 4.79 Å². The number of methoxy groups -OCH3 is 1. The summed E-state index contributed by atoms with van der Waals surface area (Å²) < 4.78 is 5.16. The Labute approximate surface area is 100 Å². The van der Waals surface area contributed by atoms with Gasteiger partial charge in [0.2, 0.25) is 5.91 Å². The number of hydrogen-bond acceptors (Lipinski definition) is 4. The summed E-state index contributed by atoms with van der Waals surface area (Å²) in [5, 5.41) is 14.5. The van der Waals surface area contributed by atoms with Crippen LogP contribution in [0.2, 0.25) is 0 Å². The fourth-order valence-electron chi connectivity index (χ4n) is 1.40. The van der Waals surface area contributed by atoms with Crippen molar-refractivity contribution >= 4 is 11.6 Å². The van der Waals surface area contributed by atoms with Crippen molar-refractivity contribution in [2.45, 2.75) is 6.42 Å². The zero-order chi connectivity index (χ0) is 12.7. The standard InChI is InChI=1S/C12H15N3O2/c1-14-11(16)6-7-15-12-9(8-13)4-3-5-10(12)17-2/h3-5,15H,6-7H2,1-2H3,(H,14,16). The maximum Gasteiger partial charge on any atom is 0.221 e. The average molecular weight is 233 g/mol. The second-order valence-corrected chi connectivity index (χ2v) is 3.34. The number of carbonyl (C=O) groups excluding carboxylic acids is 1. The number of ether oxygens (including phenoxy) is 1. The van der Waals surface area contributed by atoms with Crippen molar-refractivity contribution in [1.29, 1.82) is 5.26 Å². The molecule has 1 aromatic rings. The maximum atomic E-state index is 11.1. The van der Waals surface area contributed by atoms with Gasteiger partial charge in [-0.3, -0.25) is 4.79 Å². The molecule has 1 rings (SSSR count). The highest BCUT2D eigenvalue weighted by Gasteiger charge is 2.08. The molecule has 90 valence electrons. The fourth-order valence-corrected chi connectivity index (χ4v) is 1.40. The van der Waals surface area contributed by atoms with E-state index in [4.69, 9.17) is 10.00 Å². The van der Waals surface area contributed by atoms with Gasteiger partial charge in [-0.15, -0.1) is 0 Å². The number of carbonyl (C=O) groups is 1. The predicted octanol–water partition coefficient (Wildman–Crippen LogP) is 1.11. The van der Waals surface area contributed by atoms with Gasteiger partial charge in [0.15, 0.2) is 0 Å². The lowest BCUT2D eigenvalue weighted by Crippen LogP contribution is -2.21. The molecule has 0 radical (unpaired) electrons.